The maximum absolute atomic E-state index is 13.9. The quantitative estimate of drug-likeness (QED) is 0.440. The average molecular weight is 490 g/mol. The number of amides is 1. The molecule has 1 aromatic carbocycles. The average Bonchev–Trinajstić information content (AvgIpc) is 3.57. The van der Waals surface area contributed by atoms with Crippen molar-refractivity contribution in [3.8, 4) is 0 Å². The van der Waals surface area contributed by atoms with E-state index in [0.29, 0.717) is 30.0 Å². The molecular weight excluding hydrogens is 462 g/mol. The summed E-state index contributed by atoms with van der Waals surface area (Å²) in [6.45, 7) is 2.54. The number of nitrogens with one attached hydrogen (secondary N) is 2. The minimum atomic E-state index is -4.62. The third-order valence-electron chi connectivity index (χ3n) is 6.76. The zero-order valence-corrected chi connectivity index (χ0v) is 19.3. The Kier molecular flexibility index (Phi) is 6.14. The molecule has 2 fully saturated rings. The summed E-state index contributed by atoms with van der Waals surface area (Å²) in [5.74, 6) is -0.291. The number of carbonyl (C=O) groups is 1. The molecule has 0 bridgehead atoms. The Balaban J connectivity index is 1.33. The molecule has 6 nitrogen and oxygen atoms in total. The van der Waals surface area contributed by atoms with Crippen LogP contribution in [-0.4, -0.2) is 32.8 Å². The van der Waals surface area contributed by atoms with Crippen molar-refractivity contribution in [3.63, 3.8) is 0 Å². The topological polar surface area (TPSA) is 71.8 Å². The van der Waals surface area contributed by atoms with Crippen LogP contribution in [-0.2, 0) is 12.7 Å². The molecule has 186 valence electrons. The van der Waals surface area contributed by atoms with Gasteiger partial charge in [-0.3, -0.25) is 9.48 Å². The van der Waals surface area contributed by atoms with Crippen molar-refractivity contribution >= 4 is 22.5 Å². The Morgan fingerprint density at radius 1 is 1.11 bits per heavy atom. The first-order valence-electron chi connectivity index (χ1n) is 12.0. The van der Waals surface area contributed by atoms with Crippen molar-refractivity contribution < 1.29 is 22.4 Å². The molecule has 0 radical (unpaired) electrons. The lowest BCUT2D eigenvalue weighted by Gasteiger charge is -2.31. The second kappa shape index (κ2) is 9.13. The van der Waals surface area contributed by atoms with Gasteiger partial charge < -0.3 is 10.6 Å². The number of hydrogen-bond acceptors (Lipinski definition) is 4. The molecule has 0 unspecified atom stereocenters. The molecule has 35 heavy (non-hydrogen) atoms. The summed E-state index contributed by atoms with van der Waals surface area (Å²) in [6, 6.07) is 6.03. The highest BCUT2D eigenvalue weighted by molar-refractivity contribution is 5.93. The molecule has 2 aliphatic carbocycles. The van der Waals surface area contributed by atoms with Gasteiger partial charge in [-0.05, 0) is 75.8 Å². The molecule has 0 saturated heterocycles. The minimum absolute atomic E-state index is 0.0729. The highest BCUT2D eigenvalue weighted by Gasteiger charge is 2.34. The van der Waals surface area contributed by atoms with E-state index in [1.807, 2.05) is 13.0 Å². The Labute approximate surface area is 200 Å². The van der Waals surface area contributed by atoms with Gasteiger partial charge in [-0.2, -0.15) is 18.3 Å². The first-order chi connectivity index (χ1) is 16.7. The standard InChI is InChI=1S/C25H27F4N5O/c1-2-34-22(12-20(33-34)14-6-7-14)24(35)31-17-5-3-4-16(11-17)30-21-13-23(25(27,28)29)32-19-9-8-15(26)10-18(19)21/h8-10,12-14,16-17H,2-7,11H2,1H3,(H,30,32)(H,31,35)/t16-,17+/m0/s1. The van der Waals surface area contributed by atoms with Crippen molar-refractivity contribution in [2.24, 2.45) is 0 Å². The predicted molar refractivity (Wildman–Crippen MR) is 124 cm³/mol. The molecule has 10 heteroatoms. The summed E-state index contributed by atoms with van der Waals surface area (Å²) >= 11 is 0. The maximum atomic E-state index is 13.9. The normalized spacial score (nSPS) is 20.7. The number of carbonyl (C=O) groups excluding carboxylic acids is 1. The molecule has 2 aromatic heterocycles. The van der Waals surface area contributed by atoms with Gasteiger partial charge in [0.2, 0.25) is 0 Å². The molecule has 5 rings (SSSR count). The largest absolute Gasteiger partial charge is 0.433 e. The molecule has 0 aliphatic heterocycles. The highest BCUT2D eigenvalue weighted by atomic mass is 19.4. The molecule has 2 saturated carbocycles. The van der Waals surface area contributed by atoms with Crippen LogP contribution in [0.2, 0.25) is 0 Å². The van der Waals surface area contributed by atoms with E-state index < -0.39 is 17.7 Å². The third kappa shape index (κ3) is 5.11. The number of anilines is 1. The van der Waals surface area contributed by atoms with Gasteiger partial charge >= 0.3 is 6.18 Å². The summed E-state index contributed by atoms with van der Waals surface area (Å²) in [6.07, 6.45) is 0.422. The first kappa shape index (κ1) is 23.6. The second-order valence-corrected chi connectivity index (χ2v) is 9.44. The Morgan fingerprint density at radius 2 is 1.89 bits per heavy atom. The van der Waals surface area contributed by atoms with Gasteiger partial charge in [0.05, 0.1) is 11.2 Å². The van der Waals surface area contributed by atoms with Crippen LogP contribution < -0.4 is 10.6 Å². The lowest BCUT2D eigenvalue weighted by molar-refractivity contribution is -0.140. The maximum Gasteiger partial charge on any atom is 0.433 e. The summed E-state index contributed by atoms with van der Waals surface area (Å²) in [7, 11) is 0. The zero-order valence-electron chi connectivity index (χ0n) is 19.3. The van der Waals surface area contributed by atoms with E-state index in [9.17, 15) is 22.4 Å². The van der Waals surface area contributed by atoms with Crippen molar-refractivity contribution in [1.82, 2.24) is 20.1 Å². The first-order valence-corrected chi connectivity index (χ1v) is 12.0. The second-order valence-electron chi connectivity index (χ2n) is 9.44. The zero-order chi connectivity index (χ0) is 24.7. The van der Waals surface area contributed by atoms with E-state index in [2.05, 4.69) is 20.7 Å². The van der Waals surface area contributed by atoms with E-state index in [-0.39, 0.29) is 29.2 Å². The molecule has 2 heterocycles. The fourth-order valence-electron chi connectivity index (χ4n) is 4.83. The van der Waals surface area contributed by atoms with Gasteiger partial charge in [-0.25, -0.2) is 9.37 Å². The molecule has 0 spiro atoms. The summed E-state index contributed by atoms with van der Waals surface area (Å²) < 4.78 is 55.9. The Bertz CT molecular complexity index is 1250. The van der Waals surface area contributed by atoms with E-state index in [4.69, 9.17) is 0 Å². The van der Waals surface area contributed by atoms with E-state index >= 15 is 0 Å². The van der Waals surface area contributed by atoms with E-state index in [1.54, 1.807) is 4.68 Å². The predicted octanol–water partition coefficient (Wildman–Crippen LogP) is 5.64. The number of benzene rings is 1. The number of aromatic nitrogens is 3. The number of alkyl halides is 3. The van der Waals surface area contributed by atoms with Crippen LogP contribution in [0.25, 0.3) is 10.9 Å². The molecule has 1 amide bonds. The van der Waals surface area contributed by atoms with Gasteiger partial charge in [0.1, 0.15) is 17.2 Å². The lowest BCUT2D eigenvalue weighted by atomic mass is 9.90. The smallest absolute Gasteiger partial charge is 0.382 e. The Morgan fingerprint density at radius 3 is 2.60 bits per heavy atom. The van der Waals surface area contributed by atoms with E-state index in [1.165, 1.54) is 12.1 Å². The number of halogens is 4. The number of pyridine rings is 1. The number of aryl methyl sites for hydroxylation is 1. The summed E-state index contributed by atoms with van der Waals surface area (Å²) in [5.41, 5.74) is 0.729. The molecule has 2 atom stereocenters. The molecule has 2 aliphatic rings. The fraction of sp³-hybridized carbons (Fsp3) is 0.480. The van der Waals surface area contributed by atoms with Crippen LogP contribution in [0.4, 0.5) is 23.2 Å². The number of hydrogen-bond donors (Lipinski definition) is 2. The van der Waals surface area contributed by atoms with Crippen LogP contribution in [0, 0.1) is 5.82 Å². The van der Waals surface area contributed by atoms with Crippen LogP contribution in [0.15, 0.2) is 30.3 Å². The van der Waals surface area contributed by atoms with E-state index in [0.717, 1.165) is 49.9 Å². The molecule has 2 N–H and O–H groups in total. The van der Waals surface area contributed by atoms with Crippen molar-refractivity contribution in [2.75, 3.05) is 5.32 Å². The van der Waals surface area contributed by atoms with Gasteiger partial charge in [0.15, 0.2) is 0 Å². The van der Waals surface area contributed by atoms with Crippen molar-refractivity contribution in [1.29, 1.82) is 0 Å². The SMILES string of the molecule is CCn1nc(C2CC2)cc1C(=O)N[C@@H]1CCC[C@H](Nc2cc(C(F)(F)F)nc3ccc(F)cc23)C1. The van der Waals surface area contributed by atoms with Gasteiger partial charge in [0, 0.05) is 35.6 Å². The van der Waals surface area contributed by atoms with Crippen LogP contribution >= 0.6 is 0 Å². The molecular formula is C25H27F4N5O. The van der Waals surface area contributed by atoms with Gasteiger partial charge in [0.25, 0.3) is 5.91 Å². The lowest BCUT2D eigenvalue weighted by Crippen LogP contribution is -2.42. The van der Waals surface area contributed by atoms with Crippen LogP contribution in [0.1, 0.15) is 73.2 Å². The Hall–Kier alpha value is -3.17. The summed E-state index contributed by atoms with van der Waals surface area (Å²) in [4.78, 5) is 16.7. The third-order valence-corrected chi connectivity index (χ3v) is 6.76. The fourth-order valence-corrected chi connectivity index (χ4v) is 4.83. The van der Waals surface area contributed by atoms with Gasteiger partial charge in [-0.15, -0.1) is 0 Å². The number of nitrogens with zero attached hydrogens (tertiary/aromatic N) is 3. The molecule has 3 aromatic rings. The minimum Gasteiger partial charge on any atom is -0.382 e. The number of rotatable bonds is 6. The van der Waals surface area contributed by atoms with Gasteiger partial charge in [-0.1, -0.05) is 0 Å². The monoisotopic (exact) mass is 489 g/mol. The van der Waals surface area contributed by atoms with Crippen molar-refractivity contribution in [2.45, 2.75) is 76.2 Å². The van der Waals surface area contributed by atoms with Crippen molar-refractivity contribution in [3.05, 3.63) is 53.2 Å². The highest BCUT2D eigenvalue weighted by Crippen LogP contribution is 2.39. The van der Waals surface area contributed by atoms with Crippen LogP contribution in [0.5, 0.6) is 0 Å². The number of fused-ring (bicyclic) bond motifs is 1. The van der Waals surface area contributed by atoms with Crippen LogP contribution in [0.3, 0.4) is 0 Å². The summed E-state index contributed by atoms with van der Waals surface area (Å²) in [5, 5.41) is 11.1.